The quantitative estimate of drug-likeness (QED) is 0.719. The van der Waals surface area contributed by atoms with Gasteiger partial charge in [-0.05, 0) is 30.1 Å². The second-order valence-electron chi connectivity index (χ2n) is 5.97. The van der Waals surface area contributed by atoms with Crippen LogP contribution in [0.15, 0.2) is 18.7 Å². The zero-order chi connectivity index (χ0) is 10.2. The van der Waals surface area contributed by atoms with E-state index in [1.54, 1.807) is 0 Å². The monoisotopic (exact) mass is 192 g/mol. The van der Waals surface area contributed by atoms with Crippen molar-refractivity contribution in [3.05, 3.63) is 18.7 Å². The van der Waals surface area contributed by atoms with Gasteiger partial charge in [0.05, 0.1) is 6.33 Å². The van der Waals surface area contributed by atoms with Crippen LogP contribution in [0.1, 0.15) is 40.0 Å². The Morgan fingerprint density at radius 2 is 2.07 bits per heavy atom. The summed E-state index contributed by atoms with van der Waals surface area (Å²) in [6, 6.07) is 0. The van der Waals surface area contributed by atoms with Crippen LogP contribution in [0.4, 0.5) is 0 Å². The third-order valence-corrected chi connectivity index (χ3v) is 2.94. The van der Waals surface area contributed by atoms with Crippen LogP contribution in [0.2, 0.25) is 0 Å². The lowest BCUT2D eigenvalue weighted by atomic mass is 9.82. The molecule has 0 saturated heterocycles. The fourth-order valence-corrected chi connectivity index (χ4v) is 2.46. The predicted molar refractivity (Wildman–Crippen MR) is 58.0 cm³/mol. The van der Waals surface area contributed by atoms with Crippen molar-refractivity contribution >= 4 is 0 Å². The summed E-state index contributed by atoms with van der Waals surface area (Å²) in [4.78, 5) is 4.09. The standard InChI is InChI=1S/C12H20N2/c1-11(2,3)8-12(4-5-12)9-14-7-6-13-10-14/h6-7,10H,4-5,8-9H2,1-3H3. The minimum absolute atomic E-state index is 0.455. The average Bonchev–Trinajstić information content (AvgIpc) is 2.60. The van der Waals surface area contributed by atoms with Gasteiger partial charge in [-0.3, -0.25) is 0 Å². The molecule has 1 aromatic heterocycles. The molecule has 14 heavy (non-hydrogen) atoms. The Bertz CT molecular complexity index is 289. The highest BCUT2D eigenvalue weighted by molar-refractivity contribution is 4.96. The van der Waals surface area contributed by atoms with Crippen LogP contribution >= 0.6 is 0 Å². The molecule has 2 heteroatoms. The van der Waals surface area contributed by atoms with E-state index in [1.165, 1.54) is 19.3 Å². The summed E-state index contributed by atoms with van der Waals surface area (Å²) in [7, 11) is 0. The Labute approximate surface area is 86.3 Å². The summed E-state index contributed by atoms with van der Waals surface area (Å²) in [6.45, 7) is 8.16. The lowest BCUT2D eigenvalue weighted by Gasteiger charge is -2.25. The zero-order valence-electron chi connectivity index (χ0n) is 9.45. The molecule has 1 aromatic rings. The van der Waals surface area contributed by atoms with Crippen LogP contribution in [-0.4, -0.2) is 9.55 Å². The number of aromatic nitrogens is 2. The largest absolute Gasteiger partial charge is 0.337 e. The van der Waals surface area contributed by atoms with Crippen molar-refractivity contribution in [2.75, 3.05) is 0 Å². The van der Waals surface area contributed by atoms with Crippen molar-refractivity contribution in [3.63, 3.8) is 0 Å². The van der Waals surface area contributed by atoms with Crippen molar-refractivity contribution < 1.29 is 0 Å². The van der Waals surface area contributed by atoms with Crippen molar-refractivity contribution in [2.45, 2.75) is 46.6 Å². The van der Waals surface area contributed by atoms with E-state index in [1.807, 2.05) is 12.5 Å². The fraction of sp³-hybridized carbons (Fsp3) is 0.750. The number of nitrogens with zero attached hydrogens (tertiary/aromatic N) is 2. The fourth-order valence-electron chi connectivity index (χ4n) is 2.46. The second kappa shape index (κ2) is 3.11. The van der Waals surface area contributed by atoms with Gasteiger partial charge in [0.15, 0.2) is 0 Å². The maximum absolute atomic E-state index is 4.09. The molecule has 78 valence electrons. The lowest BCUT2D eigenvalue weighted by Crippen LogP contribution is -2.18. The molecule has 1 saturated carbocycles. The van der Waals surface area contributed by atoms with Crippen LogP contribution < -0.4 is 0 Å². The molecule has 1 aliphatic rings. The first-order valence-electron chi connectivity index (χ1n) is 5.45. The first-order chi connectivity index (χ1) is 6.49. The number of hydrogen-bond acceptors (Lipinski definition) is 1. The first-order valence-corrected chi connectivity index (χ1v) is 5.45. The van der Waals surface area contributed by atoms with E-state index in [0.717, 1.165) is 6.54 Å². The molecule has 1 fully saturated rings. The van der Waals surface area contributed by atoms with E-state index in [9.17, 15) is 0 Å². The van der Waals surface area contributed by atoms with E-state index in [2.05, 4.69) is 36.5 Å². The van der Waals surface area contributed by atoms with Crippen LogP contribution in [-0.2, 0) is 6.54 Å². The van der Waals surface area contributed by atoms with Gasteiger partial charge in [0.25, 0.3) is 0 Å². The minimum atomic E-state index is 0.455. The molecule has 2 nitrogen and oxygen atoms in total. The Morgan fingerprint density at radius 3 is 2.50 bits per heavy atom. The summed E-state index contributed by atoms with van der Waals surface area (Å²) >= 11 is 0. The predicted octanol–water partition coefficient (Wildman–Crippen LogP) is 3.10. The van der Waals surface area contributed by atoms with Gasteiger partial charge in [0.2, 0.25) is 0 Å². The Morgan fingerprint density at radius 1 is 1.36 bits per heavy atom. The van der Waals surface area contributed by atoms with Crippen LogP contribution in [0.25, 0.3) is 0 Å². The molecule has 0 radical (unpaired) electrons. The SMILES string of the molecule is CC(C)(C)CC1(Cn2ccnc2)CC1. The van der Waals surface area contributed by atoms with Gasteiger partial charge in [-0.2, -0.15) is 0 Å². The smallest absolute Gasteiger partial charge is 0.0946 e. The number of hydrogen-bond donors (Lipinski definition) is 0. The van der Waals surface area contributed by atoms with Gasteiger partial charge in [0, 0.05) is 18.9 Å². The van der Waals surface area contributed by atoms with Crippen LogP contribution in [0.5, 0.6) is 0 Å². The van der Waals surface area contributed by atoms with E-state index >= 15 is 0 Å². The van der Waals surface area contributed by atoms with Gasteiger partial charge in [-0.25, -0.2) is 4.98 Å². The summed E-state index contributed by atoms with van der Waals surface area (Å²) in [5.41, 5.74) is 1.04. The molecular weight excluding hydrogens is 172 g/mol. The highest BCUT2D eigenvalue weighted by atomic mass is 15.0. The first kappa shape index (κ1) is 9.75. The molecule has 0 spiro atoms. The molecule has 1 aliphatic carbocycles. The Balaban J connectivity index is 1.97. The van der Waals surface area contributed by atoms with Crippen molar-refractivity contribution in [3.8, 4) is 0 Å². The second-order valence-corrected chi connectivity index (χ2v) is 5.97. The molecule has 0 aliphatic heterocycles. The molecular formula is C12H20N2. The van der Waals surface area contributed by atoms with E-state index < -0.39 is 0 Å². The highest BCUT2D eigenvalue weighted by Gasteiger charge is 2.45. The Kier molecular flexibility index (Phi) is 2.17. The third-order valence-electron chi connectivity index (χ3n) is 2.94. The van der Waals surface area contributed by atoms with Crippen molar-refractivity contribution in [1.29, 1.82) is 0 Å². The van der Waals surface area contributed by atoms with E-state index in [4.69, 9.17) is 0 Å². The van der Waals surface area contributed by atoms with Crippen molar-refractivity contribution in [1.82, 2.24) is 9.55 Å². The molecule has 0 aromatic carbocycles. The summed E-state index contributed by atoms with van der Waals surface area (Å²) in [6.07, 6.45) is 9.99. The lowest BCUT2D eigenvalue weighted by molar-refractivity contribution is 0.252. The van der Waals surface area contributed by atoms with Crippen LogP contribution in [0, 0.1) is 10.8 Å². The number of imidazole rings is 1. The average molecular weight is 192 g/mol. The third kappa shape index (κ3) is 2.37. The van der Waals surface area contributed by atoms with Gasteiger partial charge in [-0.15, -0.1) is 0 Å². The highest BCUT2D eigenvalue weighted by Crippen LogP contribution is 2.54. The van der Waals surface area contributed by atoms with Crippen LogP contribution in [0.3, 0.4) is 0 Å². The molecule has 2 rings (SSSR count). The molecule has 0 atom stereocenters. The van der Waals surface area contributed by atoms with Gasteiger partial charge in [0.1, 0.15) is 0 Å². The summed E-state index contributed by atoms with van der Waals surface area (Å²) < 4.78 is 2.22. The molecule has 0 bridgehead atoms. The van der Waals surface area contributed by atoms with Gasteiger partial charge < -0.3 is 4.57 Å². The normalized spacial score (nSPS) is 19.6. The maximum Gasteiger partial charge on any atom is 0.0946 e. The summed E-state index contributed by atoms with van der Waals surface area (Å²) in [5.74, 6) is 0. The van der Waals surface area contributed by atoms with E-state index in [-0.39, 0.29) is 0 Å². The minimum Gasteiger partial charge on any atom is -0.337 e. The molecule has 0 amide bonds. The Hall–Kier alpha value is -0.790. The number of rotatable bonds is 3. The van der Waals surface area contributed by atoms with Gasteiger partial charge in [-0.1, -0.05) is 20.8 Å². The maximum atomic E-state index is 4.09. The van der Waals surface area contributed by atoms with E-state index in [0.29, 0.717) is 10.8 Å². The van der Waals surface area contributed by atoms with Gasteiger partial charge >= 0.3 is 0 Å². The zero-order valence-corrected chi connectivity index (χ0v) is 9.45. The summed E-state index contributed by atoms with van der Waals surface area (Å²) in [5, 5.41) is 0. The van der Waals surface area contributed by atoms with Crippen molar-refractivity contribution in [2.24, 2.45) is 10.8 Å². The molecule has 1 heterocycles. The molecule has 0 N–H and O–H groups in total. The topological polar surface area (TPSA) is 17.8 Å². The molecule has 0 unspecified atom stereocenters.